The van der Waals surface area contributed by atoms with Crippen molar-refractivity contribution in [2.75, 3.05) is 28.7 Å². The molecule has 1 saturated heterocycles. The highest BCUT2D eigenvalue weighted by molar-refractivity contribution is 5.76. The van der Waals surface area contributed by atoms with E-state index < -0.39 is 17.9 Å². The lowest BCUT2D eigenvalue weighted by Gasteiger charge is -2.28. The maximum absolute atomic E-state index is 13.8. The summed E-state index contributed by atoms with van der Waals surface area (Å²) >= 11 is 0. The summed E-state index contributed by atoms with van der Waals surface area (Å²) in [6.45, 7) is 9.80. The van der Waals surface area contributed by atoms with Crippen LogP contribution < -0.4 is 21.5 Å². The smallest absolute Gasteiger partial charge is 0.266 e. The molecule has 1 fully saturated rings. The van der Waals surface area contributed by atoms with Crippen molar-refractivity contribution in [3.63, 3.8) is 0 Å². The third-order valence-electron chi connectivity index (χ3n) is 4.93. The van der Waals surface area contributed by atoms with Crippen LogP contribution in [0.1, 0.15) is 44.1 Å². The Morgan fingerprint density at radius 2 is 1.97 bits per heavy atom. The monoisotopic (exact) mass is 402 g/mol. The van der Waals surface area contributed by atoms with Gasteiger partial charge in [-0.2, -0.15) is 0 Å². The number of aromatic nitrogens is 2. The number of alkyl halides is 2. The molecule has 0 aliphatic carbocycles. The van der Waals surface area contributed by atoms with E-state index in [1.165, 1.54) is 9.91 Å². The third kappa shape index (κ3) is 4.48. The molecule has 2 heterocycles. The second-order valence-electron chi connectivity index (χ2n) is 8.42. The molecule has 29 heavy (non-hydrogen) atoms. The van der Waals surface area contributed by atoms with Gasteiger partial charge < -0.3 is 10.6 Å². The SMILES string of the molecule is C=Cc1ccccc1CN(N)c1nc(C(C)(C)C)nc(N2CCC(F)(F)C2)c1N. The predicted molar refractivity (Wildman–Crippen MR) is 114 cm³/mol. The zero-order chi connectivity index (χ0) is 21.4. The molecule has 0 unspecified atom stereocenters. The molecular weight excluding hydrogens is 374 g/mol. The van der Waals surface area contributed by atoms with E-state index in [4.69, 9.17) is 11.6 Å². The van der Waals surface area contributed by atoms with E-state index in [0.717, 1.165) is 11.1 Å². The maximum atomic E-state index is 13.8. The van der Waals surface area contributed by atoms with E-state index in [9.17, 15) is 8.78 Å². The molecule has 0 saturated carbocycles. The van der Waals surface area contributed by atoms with Crippen molar-refractivity contribution in [1.82, 2.24) is 9.97 Å². The van der Waals surface area contributed by atoms with Gasteiger partial charge in [-0.1, -0.05) is 57.7 Å². The van der Waals surface area contributed by atoms with Gasteiger partial charge in [0.2, 0.25) is 0 Å². The fraction of sp³-hybridized carbons (Fsp3) is 0.429. The van der Waals surface area contributed by atoms with Crippen molar-refractivity contribution in [3.8, 4) is 0 Å². The van der Waals surface area contributed by atoms with Crippen molar-refractivity contribution < 1.29 is 8.78 Å². The van der Waals surface area contributed by atoms with Crippen molar-refractivity contribution in [1.29, 1.82) is 0 Å². The van der Waals surface area contributed by atoms with Gasteiger partial charge in [-0.25, -0.2) is 24.6 Å². The van der Waals surface area contributed by atoms with Crippen LogP contribution >= 0.6 is 0 Å². The van der Waals surface area contributed by atoms with Crippen LogP contribution in [0.25, 0.3) is 6.08 Å². The predicted octanol–water partition coefficient (Wildman–Crippen LogP) is 3.73. The first kappa shape index (κ1) is 21.0. The lowest BCUT2D eigenvalue weighted by Crippen LogP contribution is -2.35. The molecular formula is C21H28F2N6. The van der Waals surface area contributed by atoms with E-state index in [2.05, 4.69) is 16.5 Å². The van der Waals surface area contributed by atoms with Crippen LogP contribution in [0.15, 0.2) is 30.8 Å². The number of nitrogens with zero attached hydrogens (tertiary/aromatic N) is 4. The third-order valence-corrected chi connectivity index (χ3v) is 4.93. The Morgan fingerprint density at radius 3 is 2.55 bits per heavy atom. The average molecular weight is 402 g/mol. The van der Waals surface area contributed by atoms with Crippen LogP contribution in [0.4, 0.5) is 26.1 Å². The molecule has 0 bridgehead atoms. The minimum absolute atomic E-state index is 0.182. The normalized spacial score (nSPS) is 16.1. The average Bonchev–Trinajstić information content (AvgIpc) is 3.00. The zero-order valence-corrected chi connectivity index (χ0v) is 17.1. The highest BCUT2D eigenvalue weighted by Gasteiger charge is 2.40. The number of rotatable bonds is 5. The van der Waals surface area contributed by atoms with Gasteiger partial charge in [0, 0.05) is 18.4 Å². The number of anilines is 3. The first-order chi connectivity index (χ1) is 13.5. The number of nitrogen functional groups attached to an aromatic ring is 1. The van der Waals surface area contributed by atoms with E-state index in [1.54, 1.807) is 6.08 Å². The first-order valence-electron chi connectivity index (χ1n) is 9.55. The Morgan fingerprint density at radius 1 is 1.28 bits per heavy atom. The Balaban J connectivity index is 2.03. The molecule has 1 aromatic carbocycles. The summed E-state index contributed by atoms with van der Waals surface area (Å²) < 4.78 is 27.6. The van der Waals surface area contributed by atoms with E-state index in [-0.39, 0.29) is 18.7 Å². The van der Waals surface area contributed by atoms with Crippen LogP contribution in [-0.2, 0) is 12.0 Å². The quantitative estimate of drug-likeness (QED) is 0.586. The Bertz CT molecular complexity index is 907. The van der Waals surface area contributed by atoms with E-state index in [0.29, 0.717) is 24.0 Å². The van der Waals surface area contributed by atoms with Crippen molar-refractivity contribution in [2.24, 2.45) is 5.84 Å². The van der Waals surface area contributed by atoms with E-state index in [1.807, 2.05) is 45.0 Å². The molecule has 8 heteroatoms. The Hall–Kier alpha value is -2.74. The van der Waals surface area contributed by atoms with Gasteiger partial charge >= 0.3 is 0 Å². The summed E-state index contributed by atoms with van der Waals surface area (Å²) in [4.78, 5) is 10.6. The summed E-state index contributed by atoms with van der Waals surface area (Å²) in [5.74, 6) is 4.72. The lowest BCUT2D eigenvalue weighted by molar-refractivity contribution is 0.0257. The lowest BCUT2D eigenvalue weighted by atomic mass is 9.95. The molecule has 0 atom stereocenters. The fourth-order valence-corrected chi connectivity index (χ4v) is 3.29. The summed E-state index contributed by atoms with van der Waals surface area (Å²) in [5.41, 5.74) is 8.04. The van der Waals surface area contributed by atoms with Crippen molar-refractivity contribution >= 4 is 23.4 Å². The van der Waals surface area contributed by atoms with Gasteiger partial charge in [-0.05, 0) is 11.1 Å². The number of hydrogen-bond acceptors (Lipinski definition) is 6. The molecule has 0 radical (unpaired) electrons. The van der Waals surface area contributed by atoms with Gasteiger partial charge in [0.15, 0.2) is 11.6 Å². The van der Waals surface area contributed by atoms with Gasteiger partial charge in [-0.15, -0.1) is 0 Å². The van der Waals surface area contributed by atoms with Gasteiger partial charge in [0.1, 0.15) is 11.5 Å². The zero-order valence-electron chi connectivity index (χ0n) is 17.1. The number of hydrogen-bond donors (Lipinski definition) is 2. The summed E-state index contributed by atoms with van der Waals surface area (Å²) in [6.07, 6.45) is 1.53. The molecule has 0 amide bonds. The standard InChI is InChI=1S/C21H28F2N6/c1-5-14-8-6-7-9-15(14)12-29(25)18-16(24)17(26-19(27-18)20(2,3)4)28-11-10-21(22,23)13-28/h5-9H,1,10-13,24-25H2,2-4H3. The van der Waals surface area contributed by atoms with Crippen LogP contribution in [0.2, 0.25) is 0 Å². The summed E-state index contributed by atoms with van der Waals surface area (Å²) in [5, 5.41) is 1.44. The minimum atomic E-state index is -2.76. The molecule has 2 aromatic rings. The number of halogens is 2. The maximum Gasteiger partial charge on any atom is 0.266 e. The molecule has 4 N–H and O–H groups in total. The second kappa shape index (κ2) is 7.59. The minimum Gasteiger partial charge on any atom is -0.393 e. The van der Waals surface area contributed by atoms with Crippen LogP contribution in [0, 0.1) is 0 Å². The summed E-state index contributed by atoms with van der Waals surface area (Å²) in [7, 11) is 0. The number of nitrogens with two attached hydrogens (primary N) is 2. The molecule has 0 spiro atoms. The molecule has 1 aliphatic rings. The highest BCUT2D eigenvalue weighted by atomic mass is 19.3. The van der Waals surface area contributed by atoms with Crippen molar-refractivity contribution in [3.05, 3.63) is 47.8 Å². The molecule has 1 aromatic heterocycles. The molecule has 6 nitrogen and oxygen atoms in total. The largest absolute Gasteiger partial charge is 0.393 e. The first-order valence-corrected chi connectivity index (χ1v) is 9.55. The highest BCUT2D eigenvalue weighted by Crippen LogP contribution is 2.37. The van der Waals surface area contributed by atoms with Crippen LogP contribution in [-0.4, -0.2) is 29.0 Å². The summed E-state index contributed by atoms with van der Waals surface area (Å²) in [6, 6.07) is 7.72. The molecule has 1 aliphatic heterocycles. The number of hydrazine groups is 1. The Kier molecular flexibility index (Phi) is 5.49. The fourth-order valence-electron chi connectivity index (χ4n) is 3.29. The van der Waals surface area contributed by atoms with Crippen LogP contribution in [0.3, 0.4) is 0 Å². The van der Waals surface area contributed by atoms with Gasteiger partial charge in [-0.3, -0.25) is 5.01 Å². The molecule has 156 valence electrons. The van der Waals surface area contributed by atoms with E-state index >= 15 is 0 Å². The second-order valence-corrected chi connectivity index (χ2v) is 8.42. The van der Waals surface area contributed by atoms with Gasteiger partial charge in [0.05, 0.1) is 13.1 Å². The van der Waals surface area contributed by atoms with Crippen LogP contribution in [0.5, 0.6) is 0 Å². The molecule has 3 rings (SSSR count). The topological polar surface area (TPSA) is 84.3 Å². The Labute approximate surface area is 170 Å². The van der Waals surface area contributed by atoms with Crippen molar-refractivity contribution in [2.45, 2.75) is 45.1 Å². The van der Waals surface area contributed by atoms with Gasteiger partial charge in [0.25, 0.3) is 5.92 Å². The number of benzene rings is 1.